The summed E-state index contributed by atoms with van der Waals surface area (Å²) in [5, 5.41) is 3.14. The Balaban J connectivity index is 0.00000400. The zero-order valence-electron chi connectivity index (χ0n) is 13.4. The maximum Gasteiger partial charge on any atom is 0.188 e. The quantitative estimate of drug-likeness (QED) is 0.434. The average Bonchev–Trinajstić information content (AvgIpc) is 2.36. The van der Waals surface area contributed by atoms with Crippen LogP contribution in [0.15, 0.2) is 35.3 Å². The molecule has 0 saturated carbocycles. The normalized spacial score (nSPS) is 13.4. The van der Waals surface area contributed by atoms with E-state index >= 15 is 0 Å². The molecule has 1 rings (SSSR count). The minimum atomic E-state index is -0.0549. The van der Waals surface area contributed by atoms with Crippen molar-refractivity contribution in [3.63, 3.8) is 0 Å². The lowest BCUT2D eigenvalue weighted by molar-refractivity contribution is 0.0945. The predicted molar refractivity (Wildman–Crippen MR) is 100 cm³/mol. The Morgan fingerprint density at radius 1 is 1.29 bits per heavy atom. The van der Waals surface area contributed by atoms with Gasteiger partial charge in [0.15, 0.2) is 5.96 Å². The first-order chi connectivity index (χ1) is 9.37. The lowest BCUT2D eigenvalue weighted by Crippen LogP contribution is -2.45. The van der Waals surface area contributed by atoms with Gasteiger partial charge in [0.05, 0.1) is 13.2 Å². The van der Waals surface area contributed by atoms with Gasteiger partial charge in [0.1, 0.15) is 0 Å². The summed E-state index contributed by atoms with van der Waals surface area (Å²) in [6, 6.07) is 10.2. The number of hydrogen-bond acceptors (Lipinski definition) is 2. The molecule has 0 saturated heterocycles. The molecule has 1 aromatic carbocycles. The van der Waals surface area contributed by atoms with Crippen molar-refractivity contribution >= 4 is 29.9 Å². The van der Waals surface area contributed by atoms with Crippen LogP contribution in [0.1, 0.15) is 33.3 Å². The summed E-state index contributed by atoms with van der Waals surface area (Å²) in [5.74, 6) is 0.839. The number of aliphatic imine (C=N–C) groups is 1. The van der Waals surface area contributed by atoms with Crippen molar-refractivity contribution in [2.24, 2.45) is 16.6 Å². The molecule has 0 radical (unpaired) electrons. The third-order valence-corrected chi connectivity index (χ3v) is 2.59. The highest BCUT2D eigenvalue weighted by atomic mass is 127. The second-order valence-electron chi connectivity index (χ2n) is 6.21. The summed E-state index contributed by atoms with van der Waals surface area (Å²) in [5.41, 5.74) is 6.96. The number of rotatable bonds is 6. The number of halogens is 1. The van der Waals surface area contributed by atoms with Crippen molar-refractivity contribution < 1.29 is 4.74 Å². The molecule has 0 heterocycles. The van der Waals surface area contributed by atoms with Crippen molar-refractivity contribution in [2.75, 3.05) is 13.2 Å². The second kappa shape index (κ2) is 10.00. The highest BCUT2D eigenvalue weighted by Gasteiger charge is 2.10. The molecule has 0 spiro atoms. The van der Waals surface area contributed by atoms with Crippen LogP contribution < -0.4 is 11.1 Å². The molecule has 1 aromatic rings. The maximum atomic E-state index is 5.83. The van der Waals surface area contributed by atoms with E-state index in [-0.39, 0.29) is 29.5 Å². The van der Waals surface area contributed by atoms with E-state index in [0.29, 0.717) is 31.6 Å². The Morgan fingerprint density at radius 2 is 1.90 bits per heavy atom. The zero-order valence-corrected chi connectivity index (χ0v) is 15.8. The molecular formula is C16H28IN3O. The number of guanidine groups is 1. The molecule has 120 valence electrons. The standard InChI is InChI=1S/C16H27N3O.HI/c1-13(10-18-15(17)19-16(2,3)4)11-20-12-14-8-6-5-7-9-14;/h5-9,13H,10-12H2,1-4H3,(H3,17,18,19);1H. The summed E-state index contributed by atoms with van der Waals surface area (Å²) in [4.78, 5) is 4.34. The van der Waals surface area contributed by atoms with Crippen LogP contribution in [0.4, 0.5) is 0 Å². The molecule has 0 fully saturated rings. The summed E-state index contributed by atoms with van der Waals surface area (Å²) in [6.45, 7) is 10.3. The van der Waals surface area contributed by atoms with Crippen molar-refractivity contribution in [1.82, 2.24) is 5.32 Å². The third-order valence-electron chi connectivity index (χ3n) is 2.59. The minimum Gasteiger partial charge on any atom is -0.376 e. The van der Waals surface area contributed by atoms with Crippen LogP contribution in [0, 0.1) is 5.92 Å². The average molecular weight is 405 g/mol. The van der Waals surface area contributed by atoms with Gasteiger partial charge in [0.2, 0.25) is 0 Å². The van der Waals surface area contributed by atoms with Crippen LogP contribution in [0.5, 0.6) is 0 Å². The summed E-state index contributed by atoms with van der Waals surface area (Å²) in [6.07, 6.45) is 0. The maximum absolute atomic E-state index is 5.83. The number of hydrogen-bond donors (Lipinski definition) is 2. The molecule has 0 aliphatic heterocycles. The largest absolute Gasteiger partial charge is 0.376 e. The van der Waals surface area contributed by atoms with Crippen LogP contribution >= 0.6 is 24.0 Å². The number of nitrogens with zero attached hydrogens (tertiary/aromatic N) is 1. The van der Waals surface area contributed by atoms with Gasteiger partial charge in [-0.2, -0.15) is 0 Å². The highest BCUT2D eigenvalue weighted by molar-refractivity contribution is 14.0. The van der Waals surface area contributed by atoms with Crippen molar-refractivity contribution in [3.05, 3.63) is 35.9 Å². The van der Waals surface area contributed by atoms with Gasteiger partial charge in [0, 0.05) is 12.1 Å². The molecule has 0 amide bonds. The van der Waals surface area contributed by atoms with E-state index in [1.165, 1.54) is 5.56 Å². The monoisotopic (exact) mass is 405 g/mol. The van der Waals surface area contributed by atoms with Gasteiger partial charge in [-0.15, -0.1) is 24.0 Å². The van der Waals surface area contributed by atoms with Gasteiger partial charge in [-0.3, -0.25) is 4.99 Å². The van der Waals surface area contributed by atoms with E-state index in [0.717, 1.165) is 0 Å². The van der Waals surface area contributed by atoms with E-state index < -0.39 is 0 Å². The summed E-state index contributed by atoms with van der Waals surface area (Å²) >= 11 is 0. The second-order valence-corrected chi connectivity index (χ2v) is 6.21. The Hall–Kier alpha value is -0.820. The zero-order chi connectivity index (χ0) is 15.0. The molecule has 0 aliphatic carbocycles. The first-order valence-corrected chi connectivity index (χ1v) is 7.06. The Morgan fingerprint density at radius 3 is 2.48 bits per heavy atom. The smallest absolute Gasteiger partial charge is 0.188 e. The van der Waals surface area contributed by atoms with Crippen LogP contribution in [-0.2, 0) is 11.3 Å². The lowest BCUT2D eigenvalue weighted by Gasteiger charge is -2.21. The number of ether oxygens (including phenoxy) is 1. The first-order valence-electron chi connectivity index (χ1n) is 7.06. The van der Waals surface area contributed by atoms with Gasteiger partial charge in [-0.25, -0.2) is 0 Å². The highest BCUT2D eigenvalue weighted by Crippen LogP contribution is 2.04. The van der Waals surface area contributed by atoms with Crippen molar-refractivity contribution in [2.45, 2.75) is 39.8 Å². The topological polar surface area (TPSA) is 59.6 Å². The number of nitrogens with one attached hydrogen (secondary N) is 1. The first kappa shape index (κ1) is 20.2. The van der Waals surface area contributed by atoms with Gasteiger partial charge in [0.25, 0.3) is 0 Å². The Labute approximate surface area is 145 Å². The Kier molecular flexibility index (Phi) is 9.61. The fourth-order valence-corrected chi connectivity index (χ4v) is 1.68. The molecule has 21 heavy (non-hydrogen) atoms. The number of benzene rings is 1. The minimum absolute atomic E-state index is 0. The molecule has 4 nitrogen and oxygen atoms in total. The SMILES string of the molecule is CC(CN=C(N)NC(C)(C)C)COCc1ccccc1.I. The van der Waals surface area contributed by atoms with Gasteiger partial charge in [-0.05, 0) is 32.3 Å². The molecule has 3 N–H and O–H groups in total. The van der Waals surface area contributed by atoms with E-state index in [1.807, 2.05) is 18.2 Å². The number of nitrogens with two attached hydrogens (primary N) is 1. The van der Waals surface area contributed by atoms with E-state index in [1.54, 1.807) is 0 Å². The van der Waals surface area contributed by atoms with Crippen molar-refractivity contribution in [1.29, 1.82) is 0 Å². The van der Waals surface area contributed by atoms with Crippen LogP contribution in [0.3, 0.4) is 0 Å². The predicted octanol–water partition coefficient (Wildman–Crippen LogP) is 3.16. The van der Waals surface area contributed by atoms with Gasteiger partial charge < -0.3 is 15.8 Å². The lowest BCUT2D eigenvalue weighted by atomic mass is 10.1. The molecule has 1 unspecified atom stereocenters. The van der Waals surface area contributed by atoms with E-state index in [2.05, 4.69) is 50.1 Å². The molecule has 0 bridgehead atoms. The molecule has 5 heteroatoms. The van der Waals surface area contributed by atoms with Gasteiger partial charge in [-0.1, -0.05) is 37.3 Å². The van der Waals surface area contributed by atoms with Crippen LogP contribution in [0.2, 0.25) is 0 Å². The summed E-state index contributed by atoms with van der Waals surface area (Å²) < 4.78 is 5.68. The third kappa shape index (κ3) is 10.5. The van der Waals surface area contributed by atoms with Gasteiger partial charge >= 0.3 is 0 Å². The van der Waals surface area contributed by atoms with Crippen LogP contribution in [-0.4, -0.2) is 24.7 Å². The van der Waals surface area contributed by atoms with Crippen molar-refractivity contribution in [3.8, 4) is 0 Å². The summed E-state index contributed by atoms with van der Waals surface area (Å²) in [7, 11) is 0. The van der Waals surface area contributed by atoms with E-state index in [4.69, 9.17) is 10.5 Å². The molecule has 1 atom stereocenters. The molecule has 0 aliphatic rings. The fraction of sp³-hybridized carbons (Fsp3) is 0.562. The van der Waals surface area contributed by atoms with Crippen LogP contribution in [0.25, 0.3) is 0 Å². The fourth-order valence-electron chi connectivity index (χ4n) is 1.68. The molecular weight excluding hydrogens is 377 g/mol. The molecule has 0 aromatic heterocycles. The van der Waals surface area contributed by atoms with E-state index in [9.17, 15) is 0 Å². The Bertz CT molecular complexity index is 415.